The second-order valence-corrected chi connectivity index (χ2v) is 8.37. The van der Waals surface area contributed by atoms with Crippen LogP contribution < -0.4 is 4.31 Å². The van der Waals surface area contributed by atoms with E-state index in [1.54, 1.807) is 24.0 Å². The second kappa shape index (κ2) is 8.19. The summed E-state index contributed by atoms with van der Waals surface area (Å²) < 4.78 is 26.0. The van der Waals surface area contributed by atoms with Crippen LogP contribution >= 0.6 is 0 Å². The Bertz CT molecular complexity index is 680. The number of benzene rings is 1. The Kier molecular flexibility index (Phi) is 6.46. The molecule has 2 rings (SSSR count). The number of amides is 1. The first-order valence-corrected chi connectivity index (χ1v) is 10.7. The zero-order chi connectivity index (χ0) is 18.6. The van der Waals surface area contributed by atoms with Gasteiger partial charge < -0.3 is 9.80 Å². The molecule has 25 heavy (non-hydrogen) atoms. The van der Waals surface area contributed by atoms with Gasteiger partial charge >= 0.3 is 0 Å². The molecule has 0 aliphatic carbocycles. The predicted octanol–water partition coefficient (Wildman–Crippen LogP) is 1.57. The van der Waals surface area contributed by atoms with Gasteiger partial charge in [0.1, 0.15) is 6.04 Å². The van der Waals surface area contributed by atoms with Crippen molar-refractivity contribution < 1.29 is 13.2 Å². The molecular weight excluding hydrogens is 338 g/mol. The lowest BCUT2D eigenvalue weighted by Gasteiger charge is -2.37. The summed E-state index contributed by atoms with van der Waals surface area (Å²) in [6, 6.07) is 6.61. The van der Waals surface area contributed by atoms with E-state index in [-0.39, 0.29) is 5.91 Å². The van der Waals surface area contributed by atoms with Gasteiger partial charge in [-0.15, -0.1) is 0 Å². The molecule has 1 fully saturated rings. The smallest absolute Gasteiger partial charge is 0.246 e. The van der Waals surface area contributed by atoms with Crippen LogP contribution in [-0.2, 0) is 21.2 Å². The summed E-state index contributed by atoms with van der Waals surface area (Å²) in [7, 11) is -3.56. The van der Waals surface area contributed by atoms with E-state index < -0.39 is 16.1 Å². The number of rotatable bonds is 6. The van der Waals surface area contributed by atoms with Gasteiger partial charge in [-0.3, -0.25) is 9.10 Å². The molecule has 0 spiro atoms. The molecule has 1 amide bonds. The first-order valence-electron chi connectivity index (χ1n) is 8.87. The average Bonchev–Trinajstić information content (AvgIpc) is 2.60. The van der Waals surface area contributed by atoms with Crippen LogP contribution in [0.4, 0.5) is 5.69 Å². The molecule has 1 aromatic rings. The van der Waals surface area contributed by atoms with Gasteiger partial charge in [0.15, 0.2) is 0 Å². The van der Waals surface area contributed by atoms with E-state index in [9.17, 15) is 13.2 Å². The summed E-state index contributed by atoms with van der Waals surface area (Å²) in [4.78, 5) is 16.9. The number of sulfonamides is 1. The third-order valence-corrected chi connectivity index (χ3v) is 6.04. The van der Waals surface area contributed by atoms with Crippen LogP contribution in [0.15, 0.2) is 24.3 Å². The van der Waals surface area contributed by atoms with Crippen molar-refractivity contribution in [2.24, 2.45) is 0 Å². The van der Waals surface area contributed by atoms with Crippen molar-refractivity contribution in [2.45, 2.75) is 33.2 Å². The fourth-order valence-electron chi connectivity index (χ4n) is 3.23. The molecule has 0 saturated carbocycles. The number of carbonyl (C=O) groups is 1. The maximum Gasteiger partial charge on any atom is 0.246 e. The zero-order valence-corrected chi connectivity index (χ0v) is 16.4. The number of carbonyl (C=O) groups excluding carboxylic acids is 1. The number of hydrogen-bond donors (Lipinski definition) is 0. The Morgan fingerprint density at radius 3 is 2.12 bits per heavy atom. The van der Waals surface area contributed by atoms with Crippen molar-refractivity contribution in [2.75, 3.05) is 43.3 Å². The van der Waals surface area contributed by atoms with Gasteiger partial charge in [0.25, 0.3) is 0 Å². The van der Waals surface area contributed by atoms with Gasteiger partial charge in [-0.1, -0.05) is 26.0 Å². The molecule has 1 atom stereocenters. The molecule has 1 aromatic carbocycles. The van der Waals surface area contributed by atoms with E-state index in [1.807, 2.05) is 19.1 Å². The number of hydrogen-bond acceptors (Lipinski definition) is 4. The van der Waals surface area contributed by atoms with Crippen LogP contribution in [0.25, 0.3) is 0 Å². The minimum atomic E-state index is -3.56. The minimum absolute atomic E-state index is 0.138. The average molecular weight is 368 g/mol. The highest BCUT2D eigenvalue weighted by molar-refractivity contribution is 7.92. The number of anilines is 1. The largest absolute Gasteiger partial charge is 0.338 e. The molecular formula is C18H29N3O3S. The van der Waals surface area contributed by atoms with Crippen LogP contribution in [0.3, 0.4) is 0 Å². The van der Waals surface area contributed by atoms with E-state index in [0.29, 0.717) is 18.8 Å². The Hall–Kier alpha value is -1.60. The quantitative estimate of drug-likeness (QED) is 0.766. The molecule has 1 heterocycles. The van der Waals surface area contributed by atoms with E-state index in [0.717, 1.165) is 37.9 Å². The number of nitrogens with zero attached hydrogens (tertiary/aromatic N) is 3. The van der Waals surface area contributed by atoms with Gasteiger partial charge in [-0.2, -0.15) is 0 Å². The number of likely N-dealkylation sites (N-methyl/N-ethyl adjacent to an activating group) is 1. The molecule has 0 unspecified atom stereocenters. The molecule has 0 N–H and O–H groups in total. The van der Waals surface area contributed by atoms with Crippen LogP contribution in [0.2, 0.25) is 0 Å². The maximum absolute atomic E-state index is 12.9. The Morgan fingerprint density at radius 1 is 1.12 bits per heavy atom. The van der Waals surface area contributed by atoms with Gasteiger partial charge in [0, 0.05) is 26.2 Å². The summed E-state index contributed by atoms with van der Waals surface area (Å²) >= 11 is 0. The summed E-state index contributed by atoms with van der Waals surface area (Å²) in [5, 5.41) is 0. The normalized spacial score (nSPS) is 17.4. The Labute approximate surface area is 151 Å². The molecule has 7 heteroatoms. The van der Waals surface area contributed by atoms with Gasteiger partial charge in [0.05, 0.1) is 11.9 Å². The third kappa shape index (κ3) is 4.73. The van der Waals surface area contributed by atoms with Gasteiger partial charge in [-0.25, -0.2) is 8.42 Å². The Balaban J connectivity index is 2.21. The molecule has 1 aliphatic rings. The molecule has 1 aliphatic heterocycles. The standard InChI is InChI=1S/C18H29N3O3S/c1-5-16-7-9-17(10-8-16)21(25(4,23)24)15(3)18(22)20-13-11-19(6-2)12-14-20/h7-10,15H,5-6,11-14H2,1-4H3/t15-/m1/s1. The first-order chi connectivity index (χ1) is 11.8. The molecule has 1 saturated heterocycles. The maximum atomic E-state index is 12.9. The summed E-state index contributed by atoms with van der Waals surface area (Å²) in [5.74, 6) is -0.138. The second-order valence-electron chi connectivity index (χ2n) is 6.51. The van der Waals surface area contributed by atoms with Crippen molar-refractivity contribution in [3.63, 3.8) is 0 Å². The molecule has 0 aromatic heterocycles. The third-order valence-electron chi connectivity index (χ3n) is 4.80. The fourth-order valence-corrected chi connectivity index (χ4v) is 4.40. The summed E-state index contributed by atoms with van der Waals surface area (Å²) in [6.45, 7) is 9.74. The predicted molar refractivity (Wildman–Crippen MR) is 101 cm³/mol. The monoisotopic (exact) mass is 367 g/mol. The molecule has 0 radical (unpaired) electrons. The highest BCUT2D eigenvalue weighted by Crippen LogP contribution is 2.23. The van der Waals surface area contributed by atoms with Crippen LogP contribution in [-0.4, -0.2) is 69.1 Å². The molecule has 0 bridgehead atoms. The van der Waals surface area contributed by atoms with Crippen molar-refractivity contribution in [3.8, 4) is 0 Å². The van der Waals surface area contributed by atoms with Gasteiger partial charge in [0.2, 0.25) is 15.9 Å². The molecule has 6 nitrogen and oxygen atoms in total. The van der Waals surface area contributed by atoms with Crippen LogP contribution in [0.1, 0.15) is 26.3 Å². The lowest BCUT2D eigenvalue weighted by Crippen LogP contribution is -2.55. The van der Waals surface area contributed by atoms with E-state index in [1.165, 1.54) is 4.31 Å². The van der Waals surface area contributed by atoms with Crippen molar-refractivity contribution >= 4 is 21.6 Å². The fraction of sp³-hybridized carbons (Fsp3) is 0.611. The minimum Gasteiger partial charge on any atom is -0.338 e. The summed E-state index contributed by atoms with van der Waals surface area (Å²) in [5.41, 5.74) is 1.67. The highest BCUT2D eigenvalue weighted by Gasteiger charge is 2.33. The van der Waals surface area contributed by atoms with Crippen molar-refractivity contribution in [1.29, 1.82) is 0 Å². The SMILES string of the molecule is CCc1ccc(N([C@H](C)C(=O)N2CCN(CC)CC2)S(C)(=O)=O)cc1. The van der Waals surface area contributed by atoms with Crippen LogP contribution in [0, 0.1) is 0 Å². The van der Waals surface area contributed by atoms with E-state index in [2.05, 4.69) is 11.8 Å². The molecule has 140 valence electrons. The van der Waals surface area contributed by atoms with E-state index >= 15 is 0 Å². The zero-order valence-electron chi connectivity index (χ0n) is 15.6. The number of piperazine rings is 1. The van der Waals surface area contributed by atoms with Crippen molar-refractivity contribution in [1.82, 2.24) is 9.80 Å². The first kappa shape index (κ1) is 19.7. The van der Waals surface area contributed by atoms with E-state index in [4.69, 9.17) is 0 Å². The van der Waals surface area contributed by atoms with Gasteiger partial charge in [-0.05, 0) is 37.6 Å². The van der Waals surface area contributed by atoms with Crippen molar-refractivity contribution in [3.05, 3.63) is 29.8 Å². The van der Waals surface area contributed by atoms with Crippen LogP contribution in [0.5, 0.6) is 0 Å². The summed E-state index contributed by atoms with van der Waals surface area (Å²) in [6.07, 6.45) is 2.04. The lowest BCUT2D eigenvalue weighted by atomic mass is 10.1. The topological polar surface area (TPSA) is 60.9 Å². The Morgan fingerprint density at radius 2 is 1.68 bits per heavy atom. The lowest BCUT2D eigenvalue weighted by molar-refractivity contribution is -0.133. The highest BCUT2D eigenvalue weighted by atomic mass is 32.2. The number of aryl methyl sites for hydroxylation is 1.